The van der Waals surface area contributed by atoms with Crippen LogP contribution >= 0.6 is 0 Å². The molecule has 1 fully saturated rings. The Kier molecular flexibility index (Phi) is 1.96. The van der Waals surface area contributed by atoms with E-state index in [0.717, 1.165) is 25.7 Å². The Balaban J connectivity index is 2.50. The maximum absolute atomic E-state index is 8.75. The largest absolute Gasteiger partial charge is 0.313 e. The van der Waals surface area contributed by atoms with Crippen molar-refractivity contribution in [1.29, 1.82) is 5.26 Å². The van der Waals surface area contributed by atoms with E-state index in [1.165, 1.54) is 0 Å². The molecule has 1 atom stereocenters. The van der Waals surface area contributed by atoms with Crippen molar-refractivity contribution >= 4 is 0 Å². The van der Waals surface area contributed by atoms with Crippen molar-refractivity contribution in [3.8, 4) is 6.07 Å². The van der Waals surface area contributed by atoms with E-state index in [9.17, 15) is 0 Å². The van der Waals surface area contributed by atoms with E-state index in [2.05, 4.69) is 13.0 Å². The Hall–Kier alpha value is -0.550. The summed E-state index contributed by atoms with van der Waals surface area (Å²) in [6.07, 6.45) is 4.18. The average Bonchev–Trinajstić information content (AvgIpc) is 2.69. The highest BCUT2D eigenvalue weighted by Gasteiger charge is 2.41. The van der Waals surface area contributed by atoms with Crippen LogP contribution in [0.2, 0.25) is 0 Å². The first-order valence-electron chi connectivity index (χ1n) is 3.93. The van der Waals surface area contributed by atoms with Gasteiger partial charge >= 0.3 is 0 Å². The molecule has 56 valence electrons. The first-order valence-corrected chi connectivity index (χ1v) is 3.93. The van der Waals surface area contributed by atoms with Gasteiger partial charge in [0.1, 0.15) is 5.54 Å². The van der Waals surface area contributed by atoms with E-state index in [0.29, 0.717) is 5.92 Å². The Labute approximate surface area is 62.0 Å². The number of nitrogens with zero attached hydrogens (tertiary/aromatic N) is 1. The smallest absolute Gasteiger partial charge is 0.107 e. The van der Waals surface area contributed by atoms with Gasteiger partial charge in [-0.3, -0.25) is 0 Å². The summed E-state index contributed by atoms with van der Waals surface area (Å²) in [6, 6.07) is 2.22. The van der Waals surface area contributed by atoms with Crippen LogP contribution in [-0.4, -0.2) is 5.54 Å². The lowest BCUT2D eigenvalue weighted by molar-refractivity contribution is 0.435. The molecule has 1 aliphatic carbocycles. The van der Waals surface area contributed by atoms with Crippen molar-refractivity contribution in [1.82, 2.24) is 0 Å². The summed E-state index contributed by atoms with van der Waals surface area (Å²) in [5.74, 6) is 0.498. The Morgan fingerprint density at radius 2 is 2.30 bits per heavy atom. The van der Waals surface area contributed by atoms with Gasteiger partial charge in [-0.25, -0.2) is 0 Å². The Morgan fingerprint density at radius 1 is 1.70 bits per heavy atom. The normalized spacial score (nSPS) is 23.3. The summed E-state index contributed by atoms with van der Waals surface area (Å²) in [5, 5.41) is 8.75. The summed E-state index contributed by atoms with van der Waals surface area (Å²) in [5.41, 5.74) is 5.36. The molecule has 10 heavy (non-hydrogen) atoms. The van der Waals surface area contributed by atoms with E-state index in [1.54, 1.807) is 0 Å². The lowest BCUT2D eigenvalue weighted by atomic mass is 9.91. The number of hydrogen-bond acceptors (Lipinski definition) is 2. The third kappa shape index (κ3) is 1.30. The molecule has 1 unspecified atom stereocenters. The molecule has 0 aromatic carbocycles. The molecule has 0 aromatic rings. The minimum Gasteiger partial charge on any atom is -0.313 e. The Morgan fingerprint density at radius 3 is 2.60 bits per heavy atom. The zero-order valence-corrected chi connectivity index (χ0v) is 6.43. The van der Waals surface area contributed by atoms with Gasteiger partial charge in [-0.2, -0.15) is 5.26 Å². The van der Waals surface area contributed by atoms with E-state index >= 15 is 0 Å². The highest BCUT2D eigenvalue weighted by atomic mass is 14.8. The number of nitrogens with two attached hydrogens (primary N) is 1. The minimum atomic E-state index is -0.491. The van der Waals surface area contributed by atoms with Crippen LogP contribution in [0.3, 0.4) is 0 Å². The fourth-order valence-electron chi connectivity index (χ4n) is 1.36. The fraction of sp³-hybridized carbons (Fsp3) is 0.875. The molecule has 0 spiro atoms. The molecule has 0 bridgehead atoms. The van der Waals surface area contributed by atoms with Crippen molar-refractivity contribution in [2.24, 2.45) is 11.7 Å². The molecule has 0 heterocycles. The Bertz CT molecular complexity index is 155. The standard InChI is InChI=1S/C8H14N2/c1-2-5-8(10,6-9)7-3-4-7/h7H,2-5,10H2,1H3. The predicted molar refractivity (Wildman–Crippen MR) is 40.2 cm³/mol. The average molecular weight is 138 g/mol. The molecule has 2 nitrogen and oxygen atoms in total. The predicted octanol–water partition coefficient (Wildman–Crippen LogP) is 1.42. The summed E-state index contributed by atoms with van der Waals surface area (Å²) in [7, 11) is 0. The third-order valence-corrected chi connectivity index (χ3v) is 2.18. The fourth-order valence-corrected chi connectivity index (χ4v) is 1.36. The maximum Gasteiger partial charge on any atom is 0.107 e. The van der Waals surface area contributed by atoms with Gasteiger partial charge in [-0.05, 0) is 25.2 Å². The molecule has 0 aromatic heterocycles. The highest BCUT2D eigenvalue weighted by Crippen LogP contribution is 2.40. The molecule has 1 saturated carbocycles. The van der Waals surface area contributed by atoms with Crippen LogP contribution in [0, 0.1) is 17.2 Å². The van der Waals surface area contributed by atoms with Gasteiger partial charge in [0.25, 0.3) is 0 Å². The first-order chi connectivity index (χ1) is 4.73. The van der Waals surface area contributed by atoms with Gasteiger partial charge in [0.15, 0.2) is 0 Å². The molecular formula is C8H14N2. The molecule has 0 saturated heterocycles. The number of hydrogen-bond donors (Lipinski definition) is 1. The zero-order valence-electron chi connectivity index (χ0n) is 6.43. The highest BCUT2D eigenvalue weighted by molar-refractivity contribution is 5.12. The van der Waals surface area contributed by atoms with E-state index in [-0.39, 0.29) is 0 Å². The van der Waals surface area contributed by atoms with Crippen LogP contribution in [0.5, 0.6) is 0 Å². The van der Waals surface area contributed by atoms with Gasteiger partial charge in [-0.1, -0.05) is 13.3 Å². The van der Waals surface area contributed by atoms with Crippen LogP contribution in [-0.2, 0) is 0 Å². The summed E-state index contributed by atoms with van der Waals surface area (Å²) in [6.45, 7) is 2.07. The van der Waals surface area contributed by atoms with E-state index in [1.807, 2.05) is 0 Å². The molecule has 0 aliphatic heterocycles. The second kappa shape index (κ2) is 2.59. The lowest BCUT2D eigenvalue weighted by Crippen LogP contribution is -2.40. The van der Waals surface area contributed by atoms with Gasteiger partial charge in [0.2, 0.25) is 0 Å². The molecule has 0 amide bonds. The summed E-state index contributed by atoms with van der Waals surface area (Å²) >= 11 is 0. The van der Waals surface area contributed by atoms with Gasteiger partial charge < -0.3 is 5.73 Å². The lowest BCUT2D eigenvalue weighted by Gasteiger charge is -2.19. The van der Waals surface area contributed by atoms with Crippen molar-refractivity contribution in [3.63, 3.8) is 0 Å². The van der Waals surface area contributed by atoms with Crippen molar-refractivity contribution in [2.45, 2.75) is 38.1 Å². The third-order valence-electron chi connectivity index (χ3n) is 2.18. The molecule has 2 heteroatoms. The summed E-state index contributed by atoms with van der Waals surface area (Å²) < 4.78 is 0. The molecule has 0 radical (unpaired) electrons. The topological polar surface area (TPSA) is 49.8 Å². The van der Waals surface area contributed by atoms with Crippen LogP contribution in [0.4, 0.5) is 0 Å². The second-order valence-electron chi connectivity index (χ2n) is 3.18. The van der Waals surface area contributed by atoms with Crippen molar-refractivity contribution in [3.05, 3.63) is 0 Å². The van der Waals surface area contributed by atoms with Crippen LogP contribution in [0.15, 0.2) is 0 Å². The molecule has 2 N–H and O–H groups in total. The monoisotopic (exact) mass is 138 g/mol. The zero-order chi connectivity index (χ0) is 7.61. The van der Waals surface area contributed by atoms with E-state index < -0.39 is 5.54 Å². The van der Waals surface area contributed by atoms with Crippen LogP contribution in [0.25, 0.3) is 0 Å². The first kappa shape index (κ1) is 7.56. The summed E-state index contributed by atoms with van der Waals surface area (Å²) in [4.78, 5) is 0. The second-order valence-corrected chi connectivity index (χ2v) is 3.18. The number of nitriles is 1. The molecule has 1 aliphatic rings. The van der Waals surface area contributed by atoms with Gasteiger partial charge in [-0.15, -0.1) is 0 Å². The van der Waals surface area contributed by atoms with Gasteiger partial charge in [0, 0.05) is 0 Å². The quantitative estimate of drug-likeness (QED) is 0.641. The maximum atomic E-state index is 8.75. The van der Waals surface area contributed by atoms with Crippen LogP contribution in [0.1, 0.15) is 32.6 Å². The minimum absolute atomic E-state index is 0.491. The van der Waals surface area contributed by atoms with Gasteiger partial charge in [0.05, 0.1) is 6.07 Å². The number of rotatable bonds is 3. The van der Waals surface area contributed by atoms with Crippen molar-refractivity contribution in [2.75, 3.05) is 0 Å². The molecule has 1 rings (SSSR count). The SMILES string of the molecule is CCCC(N)(C#N)C1CC1. The molecular weight excluding hydrogens is 124 g/mol. The van der Waals surface area contributed by atoms with Crippen LogP contribution < -0.4 is 5.73 Å². The van der Waals surface area contributed by atoms with E-state index in [4.69, 9.17) is 11.0 Å². The van der Waals surface area contributed by atoms with Crippen molar-refractivity contribution < 1.29 is 0 Å².